The van der Waals surface area contributed by atoms with Crippen molar-refractivity contribution in [3.05, 3.63) is 29.2 Å². The Morgan fingerprint density at radius 1 is 1.54 bits per heavy atom. The Morgan fingerprint density at radius 3 is 3.00 bits per heavy atom. The van der Waals surface area contributed by atoms with Crippen molar-refractivity contribution in [2.45, 2.75) is 0 Å². The molecule has 0 radical (unpaired) electrons. The maximum atomic E-state index is 10.8. The predicted octanol–water partition coefficient (Wildman–Crippen LogP) is 1.76. The Bertz CT molecular complexity index is 480. The molecule has 2 heterocycles. The minimum Gasteiger partial charge on any atom is -0.275 e. The second-order valence-electron chi connectivity index (χ2n) is 2.34. The molecule has 0 saturated heterocycles. The molecule has 2 aromatic heterocycles. The van der Waals surface area contributed by atoms with Gasteiger partial charge in [-0.15, -0.1) is 0 Å². The Balaban J connectivity index is 2.80. The Morgan fingerprint density at radius 2 is 2.31 bits per heavy atom. The molecule has 66 valence electrons. The van der Waals surface area contributed by atoms with Crippen LogP contribution in [-0.2, 0) is 0 Å². The molecule has 0 aliphatic heterocycles. The van der Waals surface area contributed by atoms with Gasteiger partial charge in [-0.1, -0.05) is 11.6 Å². The highest BCUT2D eigenvalue weighted by molar-refractivity contribution is 6.68. The summed E-state index contributed by atoms with van der Waals surface area (Å²) in [5.74, 6) is 0. The maximum absolute atomic E-state index is 10.8. The largest absolute Gasteiger partial charge is 0.275 e. The number of rotatable bonds is 1. The molecule has 0 N–H and O–H groups in total. The zero-order valence-corrected chi connectivity index (χ0v) is 7.75. The van der Waals surface area contributed by atoms with Gasteiger partial charge in [-0.3, -0.25) is 4.79 Å². The van der Waals surface area contributed by atoms with Crippen LogP contribution in [0.4, 0.5) is 0 Å². The summed E-state index contributed by atoms with van der Waals surface area (Å²) in [5.41, 5.74) is 0.728. The lowest BCUT2D eigenvalue weighted by Crippen LogP contribution is -2.00. The average molecular weight is 216 g/mol. The van der Waals surface area contributed by atoms with Crippen molar-refractivity contribution in [3.63, 3.8) is 0 Å². The van der Waals surface area contributed by atoms with Crippen molar-refractivity contribution in [2.75, 3.05) is 0 Å². The predicted molar refractivity (Wildman–Crippen MR) is 48.2 cm³/mol. The summed E-state index contributed by atoms with van der Waals surface area (Å²) < 4.78 is 1.34. The van der Waals surface area contributed by atoms with E-state index >= 15 is 0 Å². The van der Waals surface area contributed by atoms with Crippen LogP contribution in [0.25, 0.3) is 5.65 Å². The van der Waals surface area contributed by atoms with Crippen LogP contribution in [-0.4, -0.2) is 19.8 Å². The van der Waals surface area contributed by atoms with Gasteiger partial charge >= 0.3 is 0 Å². The van der Waals surface area contributed by atoms with E-state index in [1.54, 1.807) is 6.07 Å². The summed E-state index contributed by atoms with van der Waals surface area (Å²) in [6, 6.07) is 1.67. The fourth-order valence-electron chi connectivity index (χ4n) is 0.975. The van der Waals surface area contributed by atoms with Crippen LogP contribution in [0.2, 0.25) is 5.15 Å². The second kappa shape index (κ2) is 2.97. The average Bonchev–Trinajstić information content (AvgIpc) is 2.52. The number of hydrogen-bond acceptors (Lipinski definition) is 3. The third-order valence-electron chi connectivity index (χ3n) is 1.57. The Kier molecular flexibility index (Phi) is 1.94. The van der Waals surface area contributed by atoms with Crippen molar-refractivity contribution in [1.29, 1.82) is 0 Å². The fraction of sp³-hybridized carbons (Fsp3) is 0. The third-order valence-corrected chi connectivity index (χ3v) is 2.14. The molecule has 0 aliphatic rings. The highest BCUT2D eigenvalue weighted by atomic mass is 35.5. The van der Waals surface area contributed by atoms with E-state index in [2.05, 4.69) is 10.1 Å². The van der Waals surface area contributed by atoms with Crippen LogP contribution in [0.3, 0.4) is 0 Å². The second-order valence-corrected chi connectivity index (χ2v) is 3.04. The summed E-state index contributed by atoms with van der Waals surface area (Å²) in [5, 5.41) is 3.40. The van der Waals surface area contributed by atoms with E-state index in [9.17, 15) is 4.79 Å². The number of aromatic nitrogens is 3. The summed E-state index contributed by atoms with van der Waals surface area (Å²) in [6.07, 6.45) is 2.87. The monoisotopic (exact) mass is 215 g/mol. The van der Waals surface area contributed by atoms with Crippen molar-refractivity contribution in [3.8, 4) is 0 Å². The van der Waals surface area contributed by atoms with Crippen LogP contribution >= 0.6 is 23.2 Å². The van der Waals surface area contributed by atoms with Crippen LogP contribution < -0.4 is 0 Å². The van der Waals surface area contributed by atoms with Crippen LogP contribution in [0.15, 0.2) is 18.5 Å². The van der Waals surface area contributed by atoms with Crippen molar-refractivity contribution >= 4 is 34.1 Å². The first kappa shape index (κ1) is 8.47. The van der Waals surface area contributed by atoms with Gasteiger partial charge in [0.25, 0.3) is 5.24 Å². The van der Waals surface area contributed by atoms with Crippen molar-refractivity contribution in [1.82, 2.24) is 14.6 Å². The molecule has 13 heavy (non-hydrogen) atoms. The molecule has 2 rings (SSSR count). The molecule has 4 nitrogen and oxygen atoms in total. The van der Waals surface area contributed by atoms with Gasteiger partial charge in [0.1, 0.15) is 5.15 Å². The minimum absolute atomic E-state index is 0.152. The SMILES string of the molecule is O=C(Cl)c1cnc2ccnn2c1Cl. The van der Waals surface area contributed by atoms with E-state index in [1.165, 1.54) is 16.9 Å². The molecule has 0 fully saturated rings. The molecule has 0 saturated carbocycles. The number of carbonyl (C=O) groups excluding carboxylic acids is 1. The smallest absolute Gasteiger partial charge is 0.257 e. The Labute approximate surface area is 83.1 Å². The highest BCUT2D eigenvalue weighted by Crippen LogP contribution is 2.17. The summed E-state index contributed by atoms with van der Waals surface area (Å²) in [6.45, 7) is 0. The van der Waals surface area contributed by atoms with Gasteiger partial charge in [0.2, 0.25) is 0 Å². The quantitative estimate of drug-likeness (QED) is 0.539. The number of carbonyl (C=O) groups is 1. The molecule has 0 unspecified atom stereocenters. The zero-order valence-electron chi connectivity index (χ0n) is 6.24. The summed E-state index contributed by atoms with van der Waals surface area (Å²) >= 11 is 11.1. The molecular weight excluding hydrogens is 213 g/mol. The molecule has 0 atom stereocenters. The van der Waals surface area contributed by atoms with Gasteiger partial charge in [-0.05, 0) is 11.6 Å². The molecule has 6 heteroatoms. The van der Waals surface area contributed by atoms with Crippen LogP contribution in [0.5, 0.6) is 0 Å². The van der Waals surface area contributed by atoms with E-state index in [0.29, 0.717) is 5.65 Å². The number of nitrogens with zero attached hydrogens (tertiary/aromatic N) is 3. The van der Waals surface area contributed by atoms with Gasteiger partial charge in [0.05, 0.1) is 11.8 Å². The lowest BCUT2D eigenvalue weighted by Gasteiger charge is -1.99. The van der Waals surface area contributed by atoms with E-state index in [-0.39, 0.29) is 10.7 Å². The molecule has 0 aliphatic carbocycles. The third kappa shape index (κ3) is 1.28. The van der Waals surface area contributed by atoms with E-state index in [1.807, 2.05) is 0 Å². The summed E-state index contributed by atoms with van der Waals surface area (Å²) in [7, 11) is 0. The van der Waals surface area contributed by atoms with Crippen LogP contribution in [0, 0.1) is 0 Å². The number of fused-ring (bicyclic) bond motifs is 1. The molecule has 2 aromatic rings. The highest BCUT2D eigenvalue weighted by Gasteiger charge is 2.11. The van der Waals surface area contributed by atoms with Crippen LogP contribution in [0.1, 0.15) is 10.4 Å². The van der Waals surface area contributed by atoms with Gasteiger partial charge in [0.15, 0.2) is 5.65 Å². The maximum Gasteiger partial charge on any atom is 0.257 e. The standard InChI is InChI=1S/C7H3Cl2N3O/c8-6-4(7(9)13)3-10-5-1-2-11-12(5)6/h1-3H. The number of hydrogen-bond donors (Lipinski definition) is 0. The van der Waals surface area contributed by atoms with Gasteiger partial charge in [0, 0.05) is 12.3 Å². The van der Waals surface area contributed by atoms with Crippen molar-refractivity contribution in [2.24, 2.45) is 0 Å². The van der Waals surface area contributed by atoms with E-state index < -0.39 is 5.24 Å². The lowest BCUT2D eigenvalue weighted by atomic mass is 10.4. The van der Waals surface area contributed by atoms with Gasteiger partial charge in [-0.25, -0.2) is 9.50 Å². The molecular formula is C7H3Cl2N3O. The normalized spacial score (nSPS) is 10.6. The minimum atomic E-state index is -0.644. The van der Waals surface area contributed by atoms with E-state index in [4.69, 9.17) is 23.2 Å². The van der Waals surface area contributed by atoms with Gasteiger partial charge < -0.3 is 0 Å². The van der Waals surface area contributed by atoms with Crippen molar-refractivity contribution < 1.29 is 4.79 Å². The van der Waals surface area contributed by atoms with E-state index in [0.717, 1.165) is 0 Å². The number of halogens is 2. The molecule has 0 spiro atoms. The topological polar surface area (TPSA) is 47.3 Å². The van der Waals surface area contributed by atoms with Gasteiger partial charge in [-0.2, -0.15) is 5.10 Å². The first-order valence-corrected chi connectivity index (χ1v) is 4.14. The first-order valence-electron chi connectivity index (χ1n) is 3.38. The molecule has 0 bridgehead atoms. The zero-order chi connectivity index (χ0) is 9.42. The lowest BCUT2D eigenvalue weighted by molar-refractivity contribution is 0.108. The fourth-order valence-corrected chi connectivity index (χ4v) is 1.43. The Hall–Kier alpha value is -1.13. The molecule has 0 amide bonds. The first-order chi connectivity index (χ1) is 6.20. The molecule has 0 aromatic carbocycles. The summed E-state index contributed by atoms with van der Waals surface area (Å²) in [4.78, 5) is 14.8.